The average molecular weight is 299 g/mol. The van der Waals surface area contributed by atoms with Crippen molar-refractivity contribution in [2.45, 2.75) is 32.1 Å². The number of benzene rings is 1. The molecule has 2 heterocycles. The number of hydrogen-bond acceptors (Lipinski definition) is 4. The van der Waals surface area contributed by atoms with Gasteiger partial charge in [0.1, 0.15) is 11.6 Å². The van der Waals surface area contributed by atoms with Gasteiger partial charge in [0.25, 0.3) is 0 Å². The number of piperidine rings is 1. The molecule has 0 atom stereocenters. The molecule has 2 N–H and O–H groups in total. The smallest absolute Gasteiger partial charge is 0.131 e. The predicted molar refractivity (Wildman–Crippen MR) is 91.2 cm³/mol. The van der Waals surface area contributed by atoms with Gasteiger partial charge in [-0.2, -0.15) is 0 Å². The molecule has 0 unspecified atom stereocenters. The van der Waals surface area contributed by atoms with Crippen LogP contribution in [0.2, 0.25) is 0 Å². The monoisotopic (exact) mass is 299 g/mol. The standard InChI is InChI=1S/C18H25N3O/c19-18-16-7-6-8-17(15(16)9-10-20-18)22-14-5-4-13-21-11-2-1-3-12-21/h6-10H,1-5,11-14H2,(H2,19,20). The van der Waals surface area contributed by atoms with E-state index in [1.165, 1.54) is 45.3 Å². The van der Waals surface area contributed by atoms with Crippen molar-refractivity contribution in [1.82, 2.24) is 9.88 Å². The molecule has 0 saturated carbocycles. The molecule has 4 nitrogen and oxygen atoms in total. The lowest BCUT2D eigenvalue weighted by atomic mass is 10.1. The summed E-state index contributed by atoms with van der Waals surface area (Å²) in [4.78, 5) is 6.70. The lowest BCUT2D eigenvalue weighted by Crippen LogP contribution is -2.30. The van der Waals surface area contributed by atoms with Crippen molar-refractivity contribution >= 4 is 16.6 Å². The van der Waals surface area contributed by atoms with Crippen LogP contribution < -0.4 is 10.5 Å². The van der Waals surface area contributed by atoms with E-state index >= 15 is 0 Å². The largest absolute Gasteiger partial charge is 0.493 e. The summed E-state index contributed by atoms with van der Waals surface area (Å²) in [5, 5.41) is 2.01. The Kier molecular flexibility index (Phi) is 5.11. The molecule has 1 aromatic carbocycles. The fraction of sp³-hybridized carbons (Fsp3) is 0.500. The van der Waals surface area contributed by atoms with E-state index in [-0.39, 0.29) is 0 Å². The van der Waals surface area contributed by atoms with Crippen molar-refractivity contribution in [3.05, 3.63) is 30.5 Å². The Morgan fingerprint density at radius 3 is 2.77 bits per heavy atom. The molecule has 0 amide bonds. The average Bonchev–Trinajstić information content (AvgIpc) is 2.56. The Labute approximate surface area is 132 Å². The maximum absolute atomic E-state index is 5.96. The summed E-state index contributed by atoms with van der Waals surface area (Å²) in [5.74, 6) is 1.47. The van der Waals surface area contributed by atoms with Crippen LogP contribution in [0.3, 0.4) is 0 Å². The molecule has 1 fully saturated rings. The van der Waals surface area contributed by atoms with E-state index < -0.39 is 0 Å². The van der Waals surface area contributed by atoms with Crippen LogP contribution in [0.5, 0.6) is 5.75 Å². The van der Waals surface area contributed by atoms with Gasteiger partial charge in [-0.05, 0) is 57.5 Å². The molecule has 118 valence electrons. The third kappa shape index (κ3) is 3.69. The Morgan fingerprint density at radius 2 is 1.91 bits per heavy atom. The molecule has 1 aliphatic rings. The zero-order chi connectivity index (χ0) is 15.2. The van der Waals surface area contributed by atoms with Gasteiger partial charge in [0, 0.05) is 17.0 Å². The first kappa shape index (κ1) is 15.1. The molecular formula is C18H25N3O. The summed E-state index contributed by atoms with van der Waals surface area (Å²) < 4.78 is 5.96. The third-order valence-electron chi connectivity index (χ3n) is 4.37. The van der Waals surface area contributed by atoms with Gasteiger partial charge in [0.2, 0.25) is 0 Å². The number of hydrogen-bond donors (Lipinski definition) is 1. The molecule has 1 aliphatic heterocycles. The van der Waals surface area contributed by atoms with E-state index in [1.54, 1.807) is 6.20 Å². The van der Waals surface area contributed by atoms with Crippen LogP contribution in [-0.2, 0) is 0 Å². The normalized spacial score (nSPS) is 16.0. The number of aromatic nitrogens is 1. The molecule has 1 aromatic heterocycles. The fourth-order valence-corrected chi connectivity index (χ4v) is 3.13. The number of pyridine rings is 1. The van der Waals surface area contributed by atoms with Crippen molar-refractivity contribution in [3.63, 3.8) is 0 Å². The predicted octanol–water partition coefficient (Wildman–Crippen LogP) is 3.46. The van der Waals surface area contributed by atoms with E-state index in [4.69, 9.17) is 10.5 Å². The van der Waals surface area contributed by atoms with Gasteiger partial charge in [-0.3, -0.25) is 0 Å². The van der Waals surface area contributed by atoms with Crippen LogP contribution >= 0.6 is 0 Å². The number of ether oxygens (including phenoxy) is 1. The van der Waals surface area contributed by atoms with Crippen molar-refractivity contribution in [1.29, 1.82) is 0 Å². The molecule has 3 rings (SSSR count). The van der Waals surface area contributed by atoms with E-state index in [1.807, 2.05) is 24.3 Å². The number of fused-ring (bicyclic) bond motifs is 1. The summed E-state index contributed by atoms with van der Waals surface area (Å²) in [7, 11) is 0. The first-order chi connectivity index (χ1) is 10.8. The SMILES string of the molecule is Nc1nccc2c(OCCCCN3CCCCC3)cccc12. The van der Waals surface area contributed by atoms with Gasteiger partial charge in [-0.15, -0.1) is 0 Å². The highest BCUT2D eigenvalue weighted by Gasteiger charge is 2.09. The van der Waals surface area contributed by atoms with Crippen LogP contribution in [0.4, 0.5) is 5.82 Å². The maximum Gasteiger partial charge on any atom is 0.131 e. The highest BCUT2D eigenvalue weighted by Crippen LogP contribution is 2.28. The van der Waals surface area contributed by atoms with E-state index in [0.717, 1.165) is 29.5 Å². The molecule has 1 saturated heterocycles. The number of nitrogen functional groups attached to an aromatic ring is 1. The second kappa shape index (κ2) is 7.45. The van der Waals surface area contributed by atoms with Crippen LogP contribution in [0.15, 0.2) is 30.5 Å². The van der Waals surface area contributed by atoms with E-state index in [9.17, 15) is 0 Å². The summed E-state index contributed by atoms with van der Waals surface area (Å²) in [6.45, 7) is 4.51. The number of likely N-dealkylation sites (tertiary alicyclic amines) is 1. The van der Waals surface area contributed by atoms with Gasteiger partial charge in [-0.1, -0.05) is 18.6 Å². The van der Waals surface area contributed by atoms with E-state index in [0.29, 0.717) is 5.82 Å². The van der Waals surface area contributed by atoms with Crippen molar-refractivity contribution in [2.24, 2.45) is 0 Å². The summed E-state index contributed by atoms with van der Waals surface area (Å²) in [5.41, 5.74) is 5.91. The van der Waals surface area contributed by atoms with Crippen LogP contribution in [0, 0.1) is 0 Å². The van der Waals surface area contributed by atoms with Gasteiger partial charge in [0.15, 0.2) is 0 Å². The van der Waals surface area contributed by atoms with Crippen molar-refractivity contribution in [3.8, 4) is 5.75 Å². The van der Waals surface area contributed by atoms with Gasteiger partial charge < -0.3 is 15.4 Å². The highest BCUT2D eigenvalue weighted by molar-refractivity contribution is 5.94. The van der Waals surface area contributed by atoms with Crippen molar-refractivity contribution < 1.29 is 4.74 Å². The van der Waals surface area contributed by atoms with Crippen LogP contribution in [0.25, 0.3) is 10.8 Å². The number of nitrogens with zero attached hydrogens (tertiary/aromatic N) is 2. The third-order valence-corrected chi connectivity index (χ3v) is 4.37. The number of rotatable bonds is 6. The topological polar surface area (TPSA) is 51.4 Å². The minimum atomic E-state index is 0.563. The lowest BCUT2D eigenvalue weighted by Gasteiger charge is -2.26. The zero-order valence-electron chi connectivity index (χ0n) is 13.1. The Hall–Kier alpha value is -1.81. The minimum Gasteiger partial charge on any atom is -0.493 e. The van der Waals surface area contributed by atoms with Crippen LogP contribution in [-0.4, -0.2) is 36.1 Å². The summed E-state index contributed by atoms with van der Waals surface area (Å²) >= 11 is 0. The van der Waals surface area contributed by atoms with E-state index in [2.05, 4.69) is 9.88 Å². The molecule has 0 spiro atoms. The van der Waals surface area contributed by atoms with Gasteiger partial charge in [-0.25, -0.2) is 4.98 Å². The molecular weight excluding hydrogens is 274 g/mol. The second-order valence-corrected chi connectivity index (χ2v) is 6.01. The second-order valence-electron chi connectivity index (χ2n) is 6.01. The Balaban J connectivity index is 1.48. The molecule has 0 bridgehead atoms. The first-order valence-corrected chi connectivity index (χ1v) is 8.33. The van der Waals surface area contributed by atoms with Gasteiger partial charge >= 0.3 is 0 Å². The number of anilines is 1. The summed E-state index contributed by atoms with van der Waals surface area (Å²) in [6.07, 6.45) is 8.16. The Morgan fingerprint density at radius 1 is 1.05 bits per heavy atom. The van der Waals surface area contributed by atoms with Crippen molar-refractivity contribution in [2.75, 3.05) is 32.0 Å². The summed E-state index contributed by atoms with van der Waals surface area (Å²) in [6, 6.07) is 7.94. The number of nitrogens with two attached hydrogens (primary N) is 1. The Bertz CT molecular complexity index is 608. The molecule has 2 aromatic rings. The van der Waals surface area contributed by atoms with Gasteiger partial charge in [0.05, 0.1) is 6.61 Å². The number of unbranched alkanes of at least 4 members (excludes halogenated alkanes) is 1. The molecule has 22 heavy (non-hydrogen) atoms. The molecule has 0 aliphatic carbocycles. The van der Waals surface area contributed by atoms with Crippen LogP contribution in [0.1, 0.15) is 32.1 Å². The molecule has 0 radical (unpaired) electrons. The zero-order valence-corrected chi connectivity index (χ0v) is 13.1. The quantitative estimate of drug-likeness (QED) is 0.830. The fourth-order valence-electron chi connectivity index (χ4n) is 3.13. The molecule has 4 heteroatoms. The highest BCUT2D eigenvalue weighted by atomic mass is 16.5. The maximum atomic E-state index is 5.96. The minimum absolute atomic E-state index is 0.563. The lowest BCUT2D eigenvalue weighted by molar-refractivity contribution is 0.216. The first-order valence-electron chi connectivity index (χ1n) is 8.33.